The van der Waals surface area contributed by atoms with Crippen molar-refractivity contribution in [3.8, 4) is 0 Å². The van der Waals surface area contributed by atoms with Crippen LogP contribution in [0.15, 0.2) is 60.7 Å². The molecule has 0 aliphatic carbocycles. The summed E-state index contributed by atoms with van der Waals surface area (Å²) in [6.45, 7) is 2.26. The lowest BCUT2D eigenvalue weighted by atomic mass is 9.86. The van der Waals surface area contributed by atoms with Crippen LogP contribution in [0.2, 0.25) is 0 Å². The van der Waals surface area contributed by atoms with Crippen LogP contribution in [0.5, 0.6) is 0 Å². The molecule has 0 unspecified atom stereocenters. The highest BCUT2D eigenvalue weighted by Crippen LogP contribution is 2.41. The molecule has 0 nitrogen and oxygen atoms in total. The minimum absolute atomic E-state index is 0.233. The Morgan fingerprint density at radius 2 is 1.15 bits per heavy atom. The van der Waals surface area contributed by atoms with Gasteiger partial charge in [-0.15, -0.1) is 23.2 Å². The van der Waals surface area contributed by atoms with Gasteiger partial charge >= 0.3 is 0 Å². The summed E-state index contributed by atoms with van der Waals surface area (Å²) >= 11 is 13.5. The lowest BCUT2D eigenvalue weighted by Crippen LogP contribution is -2.18. The van der Waals surface area contributed by atoms with E-state index in [0.29, 0.717) is 0 Å². The molecule has 0 saturated carbocycles. The molecule has 2 rings (SSSR count). The largest absolute Gasteiger partial charge is 0.119 e. The van der Waals surface area contributed by atoms with Crippen molar-refractivity contribution in [2.45, 2.75) is 75.0 Å². The Bertz CT molecular complexity index is 553. The molecule has 2 heteroatoms. The molecule has 0 spiro atoms. The molecule has 0 aromatic heterocycles. The Morgan fingerprint density at radius 1 is 0.692 bits per heavy atom. The van der Waals surface area contributed by atoms with Crippen molar-refractivity contribution >= 4 is 23.2 Å². The fraction of sp³-hybridized carbons (Fsp3) is 0.500. The number of hydrogen-bond acceptors (Lipinski definition) is 0. The third-order valence-electron chi connectivity index (χ3n) is 5.05. The Labute approximate surface area is 169 Å². The van der Waals surface area contributed by atoms with E-state index in [-0.39, 0.29) is 5.92 Å². The van der Waals surface area contributed by atoms with Crippen LogP contribution in [-0.4, -0.2) is 4.33 Å². The SMILES string of the molecule is CCCCCCCCCC(Cl)(Cl)CC(c1ccccc1)c1ccccc1. The first-order valence-electron chi connectivity index (χ1n) is 10.1. The van der Waals surface area contributed by atoms with Crippen LogP contribution in [0.1, 0.15) is 81.8 Å². The molecule has 0 fully saturated rings. The number of hydrogen-bond donors (Lipinski definition) is 0. The van der Waals surface area contributed by atoms with Crippen LogP contribution in [-0.2, 0) is 0 Å². The molecular formula is C24H32Cl2. The van der Waals surface area contributed by atoms with E-state index in [4.69, 9.17) is 23.2 Å². The molecule has 0 saturated heterocycles. The quantitative estimate of drug-likeness (QED) is 0.251. The van der Waals surface area contributed by atoms with Gasteiger partial charge in [0.15, 0.2) is 0 Å². The molecular weight excluding hydrogens is 359 g/mol. The summed E-state index contributed by atoms with van der Waals surface area (Å²) in [6, 6.07) is 21.2. The van der Waals surface area contributed by atoms with Gasteiger partial charge in [-0.05, 0) is 24.0 Å². The molecule has 0 atom stereocenters. The average Bonchev–Trinajstić information content (AvgIpc) is 2.67. The summed E-state index contributed by atoms with van der Waals surface area (Å²) < 4.78 is -0.681. The van der Waals surface area contributed by atoms with E-state index in [9.17, 15) is 0 Å². The van der Waals surface area contributed by atoms with Gasteiger partial charge in [-0.3, -0.25) is 0 Å². The first kappa shape index (κ1) is 21.3. The van der Waals surface area contributed by atoms with Gasteiger partial charge in [0, 0.05) is 5.92 Å². The highest BCUT2D eigenvalue weighted by atomic mass is 35.5. The predicted octanol–water partition coefficient (Wildman–Crippen LogP) is 8.52. The van der Waals surface area contributed by atoms with Gasteiger partial charge in [-0.25, -0.2) is 0 Å². The third-order valence-corrected chi connectivity index (χ3v) is 5.74. The van der Waals surface area contributed by atoms with Gasteiger partial charge in [0.05, 0.1) is 0 Å². The standard InChI is InChI=1S/C24H32Cl2/c1-2-3-4-5-6-7-14-19-24(25,26)20-23(21-15-10-8-11-16-21)22-17-12-9-13-18-22/h8-13,15-18,23H,2-7,14,19-20H2,1H3. The zero-order valence-corrected chi connectivity index (χ0v) is 17.5. The van der Waals surface area contributed by atoms with Crippen molar-refractivity contribution in [2.75, 3.05) is 0 Å². The summed E-state index contributed by atoms with van der Waals surface area (Å²) in [5, 5.41) is 0. The highest BCUT2D eigenvalue weighted by Gasteiger charge is 2.29. The average molecular weight is 391 g/mol. The predicted molar refractivity (Wildman–Crippen MR) is 116 cm³/mol. The van der Waals surface area contributed by atoms with Crippen LogP contribution >= 0.6 is 23.2 Å². The number of unbranched alkanes of at least 4 members (excludes halogenated alkanes) is 6. The van der Waals surface area contributed by atoms with E-state index in [1.54, 1.807) is 0 Å². The molecule has 0 aliphatic heterocycles. The molecule has 2 aromatic rings. The maximum atomic E-state index is 6.76. The molecule has 0 bridgehead atoms. The van der Waals surface area contributed by atoms with Crippen molar-refractivity contribution in [1.29, 1.82) is 0 Å². The van der Waals surface area contributed by atoms with Gasteiger partial charge < -0.3 is 0 Å². The van der Waals surface area contributed by atoms with Crippen molar-refractivity contribution in [3.05, 3.63) is 71.8 Å². The number of rotatable bonds is 12. The second-order valence-corrected chi connectivity index (χ2v) is 8.95. The van der Waals surface area contributed by atoms with Crippen molar-refractivity contribution < 1.29 is 0 Å². The summed E-state index contributed by atoms with van der Waals surface area (Å²) in [5.74, 6) is 0.233. The minimum atomic E-state index is -0.681. The smallest absolute Gasteiger partial charge is 0.102 e. The van der Waals surface area contributed by atoms with Crippen LogP contribution in [0.3, 0.4) is 0 Å². The zero-order chi connectivity index (χ0) is 18.7. The fourth-order valence-electron chi connectivity index (χ4n) is 3.54. The highest BCUT2D eigenvalue weighted by molar-refractivity contribution is 6.48. The van der Waals surface area contributed by atoms with Gasteiger partial charge in [-0.2, -0.15) is 0 Å². The molecule has 0 N–H and O–H groups in total. The number of alkyl halides is 2. The minimum Gasteiger partial charge on any atom is -0.102 e. The third kappa shape index (κ3) is 7.72. The van der Waals surface area contributed by atoms with Crippen molar-refractivity contribution in [2.24, 2.45) is 0 Å². The zero-order valence-electron chi connectivity index (χ0n) is 16.0. The number of halogens is 2. The van der Waals surface area contributed by atoms with E-state index in [1.165, 1.54) is 49.7 Å². The summed E-state index contributed by atoms with van der Waals surface area (Å²) in [4.78, 5) is 0. The van der Waals surface area contributed by atoms with Crippen LogP contribution in [0.25, 0.3) is 0 Å². The first-order chi connectivity index (χ1) is 12.6. The maximum Gasteiger partial charge on any atom is 0.119 e. The molecule has 0 radical (unpaired) electrons. The van der Waals surface area contributed by atoms with E-state index in [1.807, 2.05) is 0 Å². The summed E-state index contributed by atoms with van der Waals surface area (Å²) in [7, 11) is 0. The van der Waals surface area contributed by atoms with E-state index in [0.717, 1.165) is 19.3 Å². The molecule has 142 valence electrons. The van der Waals surface area contributed by atoms with Crippen molar-refractivity contribution in [3.63, 3.8) is 0 Å². The van der Waals surface area contributed by atoms with Crippen LogP contribution in [0.4, 0.5) is 0 Å². The van der Waals surface area contributed by atoms with E-state index >= 15 is 0 Å². The van der Waals surface area contributed by atoms with Gasteiger partial charge in [0.25, 0.3) is 0 Å². The molecule has 0 aliphatic rings. The Kier molecular flexibility index (Phi) is 9.57. The van der Waals surface area contributed by atoms with E-state index in [2.05, 4.69) is 67.6 Å². The number of benzene rings is 2. The topological polar surface area (TPSA) is 0 Å². The first-order valence-corrected chi connectivity index (χ1v) is 10.9. The lowest BCUT2D eigenvalue weighted by molar-refractivity contribution is 0.526. The molecule has 0 heterocycles. The molecule has 26 heavy (non-hydrogen) atoms. The molecule has 2 aromatic carbocycles. The molecule has 0 amide bonds. The monoisotopic (exact) mass is 390 g/mol. The second kappa shape index (κ2) is 11.7. The van der Waals surface area contributed by atoms with E-state index < -0.39 is 4.33 Å². The van der Waals surface area contributed by atoms with Crippen LogP contribution in [0, 0.1) is 0 Å². The van der Waals surface area contributed by atoms with Gasteiger partial charge in [0.1, 0.15) is 4.33 Å². The van der Waals surface area contributed by atoms with Crippen LogP contribution < -0.4 is 0 Å². The fourth-order valence-corrected chi connectivity index (χ4v) is 4.12. The summed E-state index contributed by atoms with van der Waals surface area (Å²) in [5.41, 5.74) is 2.56. The lowest BCUT2D eigenvalue weighted by Gasteiger charge is -2.27. The Balaban J connectivity index is 1.92. The Morgan fingerprint density at radius 3 is 1.65 bits per heavy atom. The maximum absolute atomic E-state index is 6.76. The normalized spacial score (nSPS) is 11.8. The summed E-state index contributed by atoms with van der Waals surface area (Å²) in [6.07, 6.45) is 10.6. The second-order valence-electron chi connectivity index (χ2n) is 7.31. The van der Waals surface area contributed by atoms with Crippen molar-refractivity contribution in [1.82, 2.24) is 0 Å². The van der Waals surface area contributed by atoms with Gasteiger partial charge in [-0.1, -0.05) is 113 Å². The Hall–Kier alpha value is -0.980. The van der Waals surface area contributed by atoms with Gasteiger partial charge in [0.2, 0.25) is 0 Å².